The summed E-state index contributed by atoms with van der Waals surface area (Å²) in [7, 11) is 1.81. The van der Waals surface area contributed by atoms with E-state index < -0.39 is 11.7 Å². The minimum Gasteiger partial charge on any atom is -0.327 e. The van der Waals surface area contributed by atoms with Gasteiger partial charge in [0.15, 0.2) is 0 Å². The zero-order valence-electron chi connectivity index (χ0n) is 15.7. The molecule has 3 aromatic rings. The smallest absolute Gasteiger partial charge is 0.327 e. The molecule has 144 valence electrons. The van der Waals surface area contributed by atoms with E-state index in [0.717, 1.165) is 48.8 Å². The van der Waals surface area contributed by atoms with E-state index in [1.165, 1.54) is 6.07 Å². The number of hydrogen-bond acceptors (Lipinski definition) is 2. The highest BCUT2D eigenvalue weighted by Gasteiger charge is 2.31. The first-order valence-corrected chi connectivity index (χ1v) is 8.83. The van der Waals surface area contributed by atoms with Crippen LogP contribution in [0, 0.1) is 6.92 Å². The van der Waals surface area contributed by atoms with Crippen LogP contribution in [-0.2, 0) is 18.0 Å². The third kappa shape index (κ3) is 4.96. The number of carbonyl (C=O) groups excluding carboxylic acids is 1. The number of halogens is 3. The predicted molar refractivity (Wildman–Crippen MR) is 101 cm³/mol. The highest BCUT2D eigenvalue weighted by molar-refractivity contribution is 5.81. The molecule has 1 heterocycles. The number of hydrogen-bond donors (Lipinski definition) is 0. The number of aryl methyl sites for hydroxylation is 2. The van der Waals surface area contributed by atoms with Gasteiger partial charge in [0.05, 0.1) is 16.6 Å². The van der Waals surface area contributed by atoms with Crippen LogP contribution in [0.2, 0.25) is 0 Å². The molecule has 0 aliphatic heterocycles. The summed E-state index contributed by atoms with van der Waals surface area (Å²) in [6.45, 7) is 4.03. The lowest BCUT2D eigenvalue weighted by atomic mass is 10.1. The molecular formula is C21H23F3N2O. The van der Waals surface area contributed by atoms with Crippen LogP contribution in [-0.4, -0.2) is 15.8 Å². The maximum atomic E-state index is 12.8. The van der Waals surface area contributed by atoms with Crippen LogP contribution < -0.4 is 0 Å². The van der Waals surface area contributed by atoms with Crippen molar-refractivity contribution in [3.05, 3.63) is 53.6 Å². The molecule has 27 heavy (non-hydrogen) atoms. The summed E-state index contributed by atoms with van der Waals surface area (Å²) in [6.07, 6.45) is -0.489. The maximum absolute atomic E-state index is 12.8. The van der Waals surface area contributed by atoms with Crippen molar-refractivity contribution in [3.63, 3.8) is 0 Å². The molecular weight excluding hydrogens is 353 g/mol. The zero-order chi connectivity index (χ0) is 20.0. The van der Waals surface area contributed by atoms with Gasteiger partial charge in [-0.15, -0.1) is 0 Å². The van der Waals surface area contributed by atoms with Crippen LogP contribution in [0.15, 0.2) is 42.5 Å². The first-order valence-electron chi connectivity index (χ1n) is 8.83. The van der Waals surface area contributed by atoms with Crippen LogP contribution >= 0.6 is 0 Å². The Morgan fingerprint density at radius 2 is 1.85 bits per heavy atom. The van der Waals surface area contributed by atoms with E-state index >= 15 is 0 Å². The maximum Gasteiger partial charge on any atom is 0.416 e. The second kappa shape index (κ2) is 8.84. The molecule has 0 saturated heterocycles. The molecule has 2 aromatic carbocycles. The van der Waals surface area contributed by atoms with E-state index in [2.05, 4.69) is 11.9 Å². The molecule has 3 nitrogen and oxygen atoms in total. The molecule has 0 unspecified atom stereocenters. The molecule has 0 radical (unpaired) electrons. The number of rotatable bonds is 4. The zero-order valence-corrected chi connectivity index (χ0v) is 15.7. The van der Waals surface area contributed by atoms with E-state index in [1.54, 1.807) is 0 Å². The standard InChI is InChI=1S/C16H13F3N2.C5H10O/c1-10-5-3-4-6-12(10)15-20-13-9-11(16(17,18)19)7-8-14(13)21(15)2;1-2-3-4-5-6/h3-9H,1-2H3;5H,2-4H2,1H3. The molecule has 0 fully saturated rings. The summed E-state index contributed by atoms with van der Waals surface area (Å²) < 4.78 is 40.1. The lowest BCUT2D eigenvalue weighted by Gasteiger charge is -2.06. The van der Waals surface area contributed by atoms with Crippen molar-refractivity contribution in [2.75, 3.05) is 0 Å². The van der Waals surface area contributed by atoms with Crippen molar-refractivity contribution in [3.8, 4) is 11.4 Å². The molecule has 0 bridgehead atoms. The van der Waals surface area contributed by atoms with Gasteiger partial charge in [-0.3, -0.25) is 0 Å². The van der Waals surface area contributed by atoms with Gasteiger partial charge in [0.1, 0.15) is 12.1 Å². The minimum absolute atomic E-state index is 0.352. The molecule has 0 aliphatic carbocycles. The Morgan fingerprint density at radius 1 is 1.15 bits per heavy atom. The molecule has 0 spiro atoms. The van der Waals surface area contributed by atoms with E-state index in [-0.39, 0.29) is 0 Å². The Balaban J connectivity index is 0.000000380. The first kappa shape index (κ1) is 20.7. The van der Waals surface area contributed by atoms with Crippen LogP contribution in [0.4, 0.5) is 13.2 Å². The van der Waals surface area contributed by atoms with Crippen molar-refractivity contribution in [2.45, 2.75) is 39.3 Å². The Bertz CT molecular complexity index is 913. The van der Waals surface area contributed by atoms with E-state index in [4.69, 9.17) is 0 Å². The summed E-state index contributed by atoms with van der Waals surface area (Å²) in [5, 5.41) is 0. The summed E-state index contributed by atoms with van der Waals surface area (Å²) in [5.41, 5.74) is 2.31. The van der Waals surface area contributed by atoms with Crippen molar-refractivity contribution in [1.82, 2.24) is 9.55 Å². The monoisotopic (exact) mass is 376 g/mol. The minimum atomic E-state index is -4.35. The second-order valence-corrected chi connectivity index (χ2v) is 6.32. The summed E-state index contributed by atoms with van der Waals surface area (Å²) >= 11 is 0. The third-order valence-corrected chi connectivity index (χ3v) is 4.27. The number of benzene rings is 2. The highest BCUT2D eigenvalue weighted by atomic mass is 19.4. The van der Waals surface area contributed by atoms with Gasteiger partial charge >= 0.3 is 6.18 Å². The summed E-state index contributed by atoms with van der Waals surface area (Å²) in [5.74, 6) is 0.669. The molecule has 1 aromatic heterocycles. The number of aldehydes is 1. The number of nitrogens with zero attached hydrogens (tertiary/aromatic N) is 2. The largest absolute Gasteiger partial charge is 0.416 e. The quantitative estimate of drug-likeness (QED) is 0.417. The highest BCUT2D eigenvalue weighted by Crippen LogP contribution is 2.33. The van der Waals surface area contributed by atoms with Crippen LogP contribution in [0.1, 0.15) is 37.3 Å². The van der Waals surface area contributed by atoms with Crippen molar-refractivity contribution >= 4 is 17.3 Å². The molecule has 0 saturated carbocycles. The van der Waals surface area contributed by atoms with Gasteiger partial charge in [-0.25, -0.2) is 4.98 Å². The molecule has 0 aliphatic rings. The van der Waals surface area contributed by atoms with Crippen LogP contribution in [0.25, 0.3) is 22.4 Å². The number of alkyl halides is 3. The van der Waals surface area contributed by atoms with Gasteiger partial charge < -0.3 is 9.36 Å². The number of imidazole rings is 1. The Labute approximate surface area is 156 Å². The molecule has 6 heteroatoms. The molecule has 0 amide bonds. The number of aromatic nitrogens is 2. The number of carbonyl (C=O) groups is 1. The third-order valence-electron chi connectivity index (χ3n) is 4.27. The van der Waals surface area contributed by atoms with Crippen LogP contribution in [0.5, 0.6) is 0 Å². The van der Waals surface area contributed by atoms with Gasteiger partial charge in [-0.1, -0.05) is 37.6 Å². The van der Waals surface area contributed by atoms with Crippen molar-refractivity contribution in [1.29, 1.82) is 0 Å². The van der Waals surface area contributed by atoms with Gasteiger partial charge in [0.25, 0.3) is 0 Å². The summed E-state index contributed by atoms with van der Waals surface area (Å²) in [4.78, 5) is 13.9. The fourth-order valence-electron chi connectivity index (χ4n) is 2.73. The van der Waals surface area contributed by atoms with E-state index in [9.17, 15) is 18.0 Å². The molecule has 0 N–H and O–H groups in total. The second-order valence-electron chi connectivity index (χ2n) is 6.32. The molecule has 3 rings (SSSR count). The fraction of sp³-hybridized carbons (Fsp3) is 0.333. The van der Waals surface area contributed by atoms with Gasteiger partial charge in [0, 0.05) is 19.0 Å². The topological polar surface area (TPSA) is 34.9 Å². The average Bonchev–Trinajstić information content (AvgIpc) is 2.96. The first-order chi connectivity index (χ1) is 12.8. The predicted octanol–water partition coefficient (Wildman–Crippen LogP) is 5.94. The van der Waals surface area contributed by atoms with Gasteiger partial charge in [0.2, 0.25) is 0 Å². The van der Waals surface area contributed by atoms with Gasteiger partial charge in [-0.2, -0.15) is 13.2 Å². The van der Waals surface area contributed by atoms with Gasteiger partial charge in [-0.05, 0) is 37.1 Å². The number of unbranched alkanes of at least 4 members (excludes halogenated alkanes) is 2. The fourth-order valence-corrected chi connectivity index (χ4v) is 2.73. The van der Waals surface area contributed by atoms with Crippen molar-refractivity contribution in [2.24, 2.45) is 7.05 Å². The van der Waals surface area contributed by atoms with Crippen LogP contribution in [0.3, 0.4) is 0 Å². The normalized spacial score (nSPS) is 11.2. The summed E-state index contributed by atoms with van der Waals surface area (Å²) in [6, 6.07) is 11.3. The number of fused-ring (bicyclic) bond motifs is 1. The van der Waals surface area contributed by atoms with E-state index in [0.29, 0.717) is 16.9 Å². The Kier molecular flexibility index (Phi) is 6.77. The average molecular weight is 376 g/mol. The SMILES string of the molecule is CCCCC=O.Cc1ccccc1-c1nc2cc(C(F)(F)F)ccc2n1C. The lowest BCUT2D eigenvalue weighted by Crippen LogP contribution is -2.04. The molecule has 0 atom stereocenters. The lowest BCUT2D eigenvalue weighted by molar-refractivity contribution is -0.137. The van der Waals surface area contributed by atoms with E-state index in [1.807, 2.05) is 42.8 Å². The van der Waals surface area contributed by atoms with Crippen molar-refractivity contribution < 1.29 is 18.0 Å². The Hall–Kier alpha value is -2.63. The Morgan fingerprint density at radius 3 is 2.41 bits per heavy atom.